The largest absolute Gasteiger partial charge is 0.399 e. The molecule has 0 saturated carbocycles. The summed E-state index contributed by atoms with van der Waals surface area (Å²) < 4.78 is 0. The summed E-state index contributed by atoms with van der Waals surface area (Å²) in [5, 5.41) is 0. The van der Waals surface area contributed by atoms with Gasteiger partial charge in [0.2, 0.25) is 6.41 Å². The van der Waals surface area contributed by atoms with Crippen LogP contribution in [0.3, 0.4) is 0 Å². The van der Waals surface area contributed by atoms with Gasteiger partial charge >= 0.3 is 0 Å². The lowest BCUT2D eigenvalue weighted by Gasteiger charge is -2.15. The van der Waals surface area contributed by atoms with Crippen molar-refractivity contribution in [2.75, 3.05) is 10.6 Å². The zero-order valence-electron chi connectivity index (χ0n) is 7.23. The Balaban J connectivity index is 2.99. The molecule has 1 amide bonds. The molecule has 0 unspecified atom stereocenters. The Bertz CT molecular complexity index is 321. The molecule has 0 aliphatic carbocycles. The van der Waals surface area contributed by atoms with Crippen LogP contribution in [0.5, 0.6) is 0 Å². The van der Waals surface area contributed by atoms with Gasteiger partial charge in [-0.3, -0.25) is 9.69 Å². The molecule has 1 aromatic carbocycles. The molecule has 0 heterocycles. The van der Waals surface area contributed by atoms with Crippen LogP contribution in [0.1, 0.15) is 6.92 Å². The predicted octanol–water partition coefficient (Wildman–Crippen LogP) is 1.58. The minimum Gasteiger partial charge on any atom is -0.399 e. The molecule has 0 atom stereocenters. The minimum atomic E-state index is 0.514. The van der Waals surface area contributed by atoms with Crippen LogP contribution in [0.4, 0.5) is 11.4 Å². The number of hydrogen-bond donors (Lipinski definition) is 1. The van der Waals surface area contributed by atoms with Crippen molar-refractivity contribution in [2.45, 2.75) is 6.92 Å². The van der Waals surface area contributed by atoms with Crippen LogP contribution in [0.2, 0.25) is 0 Å². The highest BCUT2D eigenvalue weighted by molar-refractivity contribution is 7.80. The number of carbonyl (C=O) groups excluding carboxylic acids is 1. The fourth-order valence-corrected chi connectivity index (χ4v) is 1.10. The van der Waals surface area contributed by atoms with Crippen LogP contribution >= 0.6 is 12.2 Å². The van der Waals surface area contributed by atoms with E-state index in [9.17, 15) is 4.79 Å². The van der Waals surface area contributed by atoms with Crippen molar-refractivity contribution < 1.29 is 4.79 Å². The standard InChI is InChI=1S/C9H10N2OS/c1-7(13)11(6-12)9-4-2-8(10)3-5-9/h2-6H,10H2,1H3. The van der Waals surface area contributed by atoms with Gasteiger partial charge in [0.15, 0.2) is 0 Å². The Labute approximate surface area is 82.1 Å². The molecule has 13 heavy (non-hydrogen) atoms. The lowest BCUT2D eigenvalue weighted by Crippen LogP contribution is -2.24. The number of rotatable bonds is 2. The van der Waals surface area contributed by atoms with Gasteiger partial charge < -0.3 is 5.73 Å². The van der Waals surface area contributed by atoms with Crippen molar-refractivity contribution in [2.24, 2.45) is 0 Å². The highest BCUT2D eigenvalue weighted by Gasteiger charge is 2.05. The average Bonchev–Trinajstić information content (AvgIpc) is 2.09. The molecule has 0 aromatic heterocycles. The van der Waals surface area contributed by atoms with Gasteiger partial charge in [-0.25, -0.2) is 0 Å². The lowest BCUT2D eigenvalue weighted by atomic mass is 10.2. The SMILES string of the molecule is CC(=S)N(C=O)c1ccc(N)cc1. The number of amides is 1. The Morgan fingerprint density at radius 2 is 2.00 bits per heavy atom. The maximum Gasteiger partial charge on any atom is 0.219 e. The predicted molar refractivity (Wildman–Crippen MR) is 57.7 cm³/mol. The second kappa shape index (κ2) is 4.00. The third kappa shape index (κ3) is 2.26. The summed E-state index contributed by atoms with van der Waals surface area (Å²) in [5.74, 6) is 0. The first-order valence-electron chi connectivity index (χ1n) is 3.76. The normalized spacial score (nSPS) is 9.31. The van der Waals surface area contributed by atoms with Crippen molar-refractivity contribution in [3.63, 3.8) is 0 Å². The average molecular weight is 194 g/mol. The number of benzene rings is 1. The van der Waals surface area contributed by atoms with Crippen LogP contribution in [-0.4, -0.2) is 11.4 Å². The van der Waals surface area contributed by atoms with E-state index in [4.69, 9.17) is 18.0 Å². The van der Waals surface area contributed by atoms with Crippen LogP contribution < -0.4 is 10.6 Å². The van der Waals surface area contributed by atoms with Crippen molar-refractivity contribution in [3.8, 4) is 0 Å². The summed E-state index contributed by atoms with van der Waals surface area (Å²) in [6, 6.07) is 6.95. The van der Waals surface area contributed by atoms with Crippen LogP contribution in [0, 0.1) is 0 Å². The third-order valence-electron chi connectivity index (χ3n) is 1.62. The molecule has 2 N–H and O–H groups in total. The highest BCUT2D eigenvalue weighted by atomic mass is 32.1. The minimum absolute atomic E-state index is 0.514. The second-order valence-corrected chi connectivity index (χ2v) is 3.18. The third-order valence-corrected chi connectivity index (χ3v) is 1.81. The van der Waals surface area contributed by atoms with Gasteiger partial charge in [0, 0.05) is 11.4 Å². The van der Waals surface area contributed by atoms with Gasteiger partial charge in [0.1, 0.15) is 0 Å². The Hall–Kier alpha value is -1.42. The molecule has 0 aliphatic heterocycles. The molecule has 4 heteroatoms. The maximum absolute atomic E-state index is 10.6. The van der Waals surface area contributed by atoms with Crippen LogP contribution in [-0.2, 0) is 4.79 Å². The summed E-state index contributed by atoms with van der Waals surface area (Å²) in [5.41, 5.74) is 6.90. The molecule has 0 aliphatic rings. The van der Waals surface area contributed by atoms with Crippen molar-refractivity contribution in [1.29, 1.82) is 0 Å². The number of nitrogens with two attached hydrogens (primary N) is 1. The molecule has 0 bridgehead atoms. The van der Waals surface area contributed by atoms with E-state index in [0.717, 1.165) is 5.69 Å². The van der Waals surface area contributed by atoms with E-state index in [1.165, 1.54) is 4.90 Å². The number of nitrogens with zero attached hydrogens (tertiary/aromatic N) is 1. The fraction of sp³-hybridized carbons (Fsp3) is 0.111. The number of anilines is 2. The highest BCUT2D eigenvalue weighted by Crippen LogP contribution is 2.15. The van der Waals surface area contributed by atoms with E-state index in [-0.39, 0.29) is 0 Å². The maximum atomic E-state index is 10.6. The van der Waals surface area contributed by atoms with Gasteiger partial charge in [-0.05, 0) is 31.2 Å². The summed E-state index contributed by atoms with van der Waals surface area (Å²) in [7, 11) is 0. The number of thiocarbonyl (C=S) groups is 1. The van der Waals surface area contributed by atoms with Crippen molar-refractivity contribution in [1.82, 2.24) is 0 Å². The van der Waals surface area contributed by atoms with E-state index in [1.54, 1.807) is 31.2 Å². The number of nitrogen functional groups attached to an aromatic ring is 1. The van der Waals surface area contributed by atoms with Gasteiger partial charge in [0.25, 0.3) is 0 Å². The second-order valence-electron chi connectivity index (χ2n) is 2.59. The summed E-state index contributed by atoms with van der Waals surface area (Å²) in [6.07, 6.45) is 0.688. The first-order valence-corrected chi connectivity index (χ1v) is 4.16. The van der Waals surface area contributed by atoms with E-state index in [2.05, 4.69) is 0 Å². The van der Waals surface area contributed by atoms with E-state index < -0.39 is 0 Å². The smallest absolute Gasteiger partial charge is 0.219 e. The van der Waals surface area contributed by atoms with Gasteiger partial charge in [-0.15, -0.1) is 0 Å². The first kappa shape index (κ1) is 9.67. The van der Waals surface area contributed by atoms with Gasteiger partial charge in [-0.1, -0.05) is 12.2 Å². The molecule has 68 valence electrons. The topological polar surface area (TPSA) is 46.3 Å². The molecule has 3 nitrogen and oxygen atoms in total. The Morgan fingerprint density at radius 1 is 1.46 bits per heavy atom. The monoisotopic (exact) mass is 194 g/mol. The van der Waals surface area contributed by atoms with E-state index >= 15 is 0 Å². The Kier molecular flexibility index (Phi) is 2.97. The molecule has 0 radical (unpaired) electrons. The fourth-order valence-electron chi connectivity index (χ4n) is 0.952. The molecule has 1 aromatic rings. The molecule has 0 fully saturated rings. The molecule has 0 saturated heterocycles. The van der Waals surface area contributed by atoms with Gasteiger partial charge in [0.05, 0.1) is 4.99 Å². The zero-order chi connectivity index (χ0) is 9.84. The van der Waals surface area contributed by atoms with E-state index in [0.29, 0.717) is 17.1 Å². The Morgan fingerprint density at radius 3 is 2.38 bits per heavy atom. The zero-order valence-corrected chi connectivity index (χ0v) is 8.04. The summed E-state index contributed by atoms with van der Waals surface area (Å²) in [6.45, 7) is 1.69. The molecular formula is C9H10N2OS. The summed E-state index contributed by atoms with van der Waals surface area (Å²) >= 11 is 4.89. The van der Waals surface area contributed by atoms with Gasteiger partial charge in [-0.2, -0.15) is 0 Å². The summed E-state index contributed by atoms with van der Waals surface area (Å²) in [4.78, 5) is 12.5. The number of carbonyl (C=O) groups is 1. The van der Waals surface area contributed by atoms with Crippen molar-refractivity contribution in [3.05, 3.63) is 24.3 Å². The van der Waals surface area contributed by atoms with Crippen LogP contribution in [0.15, 0.2) is 24.3 Å². The van der Waals surface area contributed by atoms with Crippen molar-refractivity contribution >= 4 is 35.0 Å². The van der Waals surface area contributed by atoms with E-state index in [1.807, 2.05) is 0 Å². The molecular weight excluding hydrogens is 184 g/mol. The molecule has 0 spiro atoms. The number of hydrogen-bond acceptors (Lipinski definition) is 3. The first-order chi connectivity index (χ1) is 6.15. The van der Waals surface area contributed by atoms with Crippen LogP contribution in [0.25, 0.3) is 0 Å². The molecule has 1 rings (SSSR count). The lowest BCUT2D eigenvalue weighted by molar-refractivity contribution is -0.106. The quantitative estimate of drug-likeness (QED) is 0.441.